The Kier molecular flexibility index (Phi) is 15.0. The zero-order chi connectivity index (χ0) is 17.2. The van der Waals surface area contributed by atoms with Gasteiger partial charge in [0.25, 0.3) is 10.1 Å². The highest BCUT2D eigenvalue weighted by atomic mass is 32.2. The molecule has 3 nitrogen and oxygen atoms in total. The Hall–Kier alpha value is -1.13. The number of hydrogen-bond donors (Lipinski definition) is 1. The summed E-state index contributed by atoms with van der Waals surface area (Å²) in [5.74, 6) is -0.162. The van der Waals surface area contributed by atoms with Crippen LogP contribution in [0.4, 0.5) is 0 Å². The van der Waals surface area contributed by atoms with Crippen molar-refractivity contribution in [2.75, 3.05) is 5.75 Å². The Morgan fingerprint density at radius 1 is 0.696 bits per heavy atom. The van der Waals surface area contributed by atoms with Gasteiger partial charge in [-0.3, -0.25) is 4.55 Å². The molecule has 0 saturated carbocycles. The molecular weight excluding hydrogens is 308 g/mol. The van der Waals surface area contributed by atoms with Crippen molar-refractivity contribution in [3.05, 3.63) is 48.6 Å². The van der Waals surface area contributed by atoms with Crippen LogP contribution >= 0.6 is 0 Å². The van der Waals surface area contributed by atoms with Gasteiger partial charge in [0.15, 0.2) is 0 Å². The Morgan fingerprint density at radius 2 is 1.13 bits per heavy atom. The monoisotopic (exact) mass is 340 g/mol. The summed E-state index contributed by atoms with van der Waals surface area (Å²) in [6, 6.07) is 0. The number of hydrogen-bond acceptors (Lipinski definition) is 2. The smallest absolute Gasteiger partial charge is 0.264 e. The lowest BCUT2D eigenvalue weighted by molar-refractivity contribution is 0.481. The average Bonchev–Trinajstić information content (AvgIpc) is 2.49. The molecule has 0 aromatic carbocycles. The van der Waals surface area contributed by atoms with Crippen LogP contribution < -0.4 is 0 Å². The fourth-order valence-corrected chi connectivity index (χ4v) is 2.48. The highest BCUT2D eigenvalue weighted by molar-refractivity contribution is 7.85. The van der Waals surface area contributed by atoms with Crippen molar-refractivity contribution < 1.29 is 13.0 Å². The maximum absolute atomic E-state index is 10.5. The highest BCUT2D eigenvalue weighted by Gasteiger charge is 2.01. The van der Waals surface area contributed by atoms with Gasteiger partial charge in [-0.25, -0.2) is 0 Å². The third kappa shape index (κ3) is 20.9. The van der Waals surface area contributed by atoms with Crippen LogP contribution in [0.2, 0.25) is 0 Å². The predicted octanol–water partition coefficient (Wildman–Crippen LogP) is 5.63. The summed E-state index contributed by atoms with van der Waals surface area (Å²) in [5, 5.41) is 0. The van der Waals surface area contributed by atoms with Crippen molar-refractivity contribution in [3.63, 3.8) is 0 Å². The number of unbranched alkanes of at least 4 members (excludes halogenated alkanes) is 4. The summed E-state index contributed by atoms with van der Waals surface area (Å²) in [6.45, 7) is 2.22. The fourth-order valence-electron chi connectivity index (χ4n) is 1.94. The topological polar surface area (TPSA) is 54.4 Å². The molecule has 0 atom stereocenters. The second-order valence-electron chi connectivity index (χ2n) is 5.52. The Bertz CT molecular complexity index is 471. The van der Waals surface area contributed by atoms with E-state index in [9.17, 15) is 8.42 Å². The molecule has 4 heteroatoms. The molecule has 132 valence electrons. The van der Waals surface area contributed by atoms with Crippen molar-refractivity contribution >= 4 is 10.1 Å². The van der Waals surface area contributed by atoms with Gasteiger partial charge in [0.2, 0.25) is 0 Å². The van der Waals surface area contributed by atoms with Crippen molar-refractivity contribution in [2.24, 2.45) is 0 Å². The van der Waals surface area contributed by atoms with Gasteiger partial charge in [-0.05, 0) is 44.9 Å². The molecule has 0 spiro atoms. The summed E-state index contributed by atoms with van der Waals surface area (Å²) >= 11 is 0. The molecule has 0 radical (unpaired) electrons. The number of rotatable bonds is 14. The van der Waals surface area contributed by atoms with E-state index in [0.29, 0.717) is 12.8 Å². The van der Waals surface area contributed by atoms with E-state index in [0.717, 1.165) is 19.3 Å². The van der Waals surface area contributed by atoms with E-state index in [-0.39, 0.29) is 5.75 Å². The van der Waals surface area contributed by atoms with E-state index in [1.54, 1.807) is 0 Å². The van der Waals surface area contributed by atoms with E-state index in [4.69, 9.17) is 4.55 Å². The van der Waals surface area contributed by atoms with Crippen molar-refractivity contribution in [1.29, 1.82) is 0 Å². The zero-order valence-corrected chi connectivity index (χ0v) is 15.2. The first-order chi connectivity index (χ1) is 11.1. The Balaban J connectivity index is 3.47. The lowest BCUT2D eigenvalue weighted by atomic mass is 10.2. The van der Waals surface area contributed by atoms with Crippen molar-refractivity contribution in [1.82, 2.24) is 0 Å². The molecule has 1 N–H and O–H groups in total. The maximum Gasteiger partial charge on any atom is 0.264 e. The molecule has 0 amide bonds. The molecule has 0 fully saturated rings. The minimum Gasteiger partial charge on any atom is -0.286 e. The van der Waals surface area contributed by atoms with Gasteiger partial charge in [0.1, 0.15) is 0 Å². The molecule has 0 bridgehead atoms. The lowest BCUT2D eigenvalue weighted by Crippen LogP contribution is -2.02. The molecule has 0 aromatic rings. The van der Waals surface area contributed by atoms with Gasteiger partial charge in [-0.2, -0.15) is 8.42 Å². The molecule has 0 rings (SSSR count). The molecule has 0 aliphatic rings. The van der Waals surface area contributed by atoms with Crippen LogP contribution in [0.25, 0.3) is 0 Å². The zero-order valence-electron chi connectivity index (χ0n) is 14.4. The van der Waals surface area contributed by atoms with Crippen LogP contribution in [0.15, 0.2) is 48.6 Å². The van der Waals surface area contributed by atoms with Crippen LogP contribution in [-0.2, 0) is 10.1 Å². The summed E-state index contributed by atoms with van der Waals surface area (Å²) in [4.78, 5) is 0. The van der Waals surface area contributed by atoms with Crippen LogP contribution in [0.1, 0.15) is 64.7 Å². The van der Waals surface area contributed by atoms with Crippen LogP contribution in [-0.4, -0.2) is 18.7 Å². The molecule has 0 aliphatic heterocycles. The molecule has 0 aromatic heterocycles. The lowest BCUT2D eigenvalue weighted by Gasteiger charge is -1.92. The van der Waals surface area contributed by atoms with Gasteiger partial charge < -0.3 is 0 Å². The minimum atomic E-state index is -3.81. The van der Waals surface area contributed by atoms with Crippen molar-refractivity contribution in [3.8, 4) is 0 Å². The molecule has 23 heavy (non-hydrogen) atoms. The van der Waals surface area contributed by atoms with Gasteiger partial charge in [0.05, 0.1) is 5.75 Å². The normalized spacial score (nSPS) is 13.3. The summed E-state index contributed by atoms with van der Waals surface area (Å²) in [7, 11) is -3.81. The first-order valence-corrected chi connectivity index (χ1v) is 10.2. The summed E-state index contributed by atoms with van der Waals surface area (Å²) in [6.07, 6.45) is 26.1. The van der Waals surface area contributed by atoms with E-state index in [1.807, 2.05) is 12.2 Å². The van der Waals surface area contributed by atoms with Crippen molar-refractivity contribution in [2.45, 2.75) is 64.7 Å². The molecule has 0 aliphatic carbocycles. The average molecular weight is 341 g/mol. The van der Waals surface area contributed by atoms with E-state index >= 15 is 0 Å². The van der Waals surface area contributed by atoms with Crippen LogP contribution in [0.5, 0.6) is 0 Å². The molecule has 0 saturated heterocycles. The standard InChI is InChI=1S/C19H32O3S/c1-2-3-4-5-6-7-8-9-10-11-12-13-14-15-16-17-18-19-23(20,21)22/h6-7,9-10,12-13,15-16H,2-5,8,11,14,17-19H2,1H3,(H,20,21,22)/b7-6-,10-9-,13-12-,16-15-. The van der Waals surface area contributed by atoms with Gasteiger partial charge in [-0.1, -0.05) is 68.4 Å². The second kappa shape index (κ2) is 15.8. The van der Waals surface area contributed by atoms with E-state index in [2.05, 4.69) is 43.4 Å². The Labute approximate surface area is 142 Å². The minimum absolute atomic E-state index is 0.162. The van der Waals surface area contributed by atoms with Gasteiger partial charge in [0, 0.05) is 0 Å². The highest BCUT2D eigenvalue weighted by Crippen LogP contribution is 2.01. The van der Waals surface area contributed by atoms with E-state index in [1.165, 1.54) is 25.7 Å². The fraction of sp³-hybridized carbons (Fsp3) is 0.579. The SMILES string of the molecule is CCCCC/C=C\C/C=C\C/C=C\C/C=C\CCCS(=O)(=O)O. The predicted molar refractivity (Wildman–Crippen MR) is 100 cm³/mol. The Morgan fingerprint density at radius 3 is 1.57 bits per heavy atom. The van der Waals surface area contributed by atoms with Gasteiger partial charge >= 0.3 is 0 Å². The molecular formula is C19H32O3S. The molecule has 0 unspecified atom stereocenters. The first kappa shape index (κ1) is 21.9. The van der Waals surface area contributed by atoms with Crippen LogP contribution in [0, 0.1) is 0 Å². The first-order valence-electron chi connectivity index (χ1n) is 8.61. The second-order valence-corrected chi connectivity index (χ2v) is 7.09. The number of allylic oxidation sites excluding steroid dienone is 8. The maximum atomic E-state index is 10.5. The summed E-state index contributed by atoms with van der Waals surface area (Å²) in [5.41, 5.74) is 0. The van der Waals surface area contributed by atoms with Crippen LogP contribution in [0.3, 0.4) is 0 Å². The summed E-state index contributed by atoms with van der Waals surface area (Å²) < 4.78 is 29.6. The third-order valence-corrected chi connectivity index (χ3v) is 4.04. The molecule has 0 heterocycles. The largest absolute Gasteiger partial charge is 0.286 e. The van der Waals surface area contributed by atoms with E-state index < -0.39 is 10.1 Å². The quantitative estimate of drug-likeness (QED) is 0.253. The van der Waals surface area contributed by atoms with Gasteiger partial charge in [-0.15, -0.1) is 0 Å². The third-order valence-electron chi connectivity index (χ3n) is 3.23.